The van der Waals surface area contributed by atoms with Crippen LogP contribution in [0.2, 0.25) is 0 Å². The zero-order valence-electron chi connectivity index (χ0n) is 32.4. The number of aliphatic hydroxyl groups excluding tert-OH is 3. The normalized spacial score (nSPS) is 17.5. The number of nitrogens with zero attached hydrogens (tertiary/aromatic N) is 1. The minimum Gasteiger partial charge on any atom is -0.480 e. The van der Waals surface area contributed by atoms with Crippen molar-refractivity contribution in [1.29, 1.82) is 0 Å². The fourth-order valence-corrected chi connectivity index (χ4v) is 5.35. The molecular formula is C33H56N10O14. The maximum Gasteiger partial charge on any atom is 0.328 e. The highest BCUT2D eigenvalue weighted by Crippen LogP contribution is 2.19. The van der Waals surface area contributed by atoms with Gasteiger partial charge in [0, 0.05) is 6.54 Å². The molecule has 57 heavy (non-hydrogen) atoms. The van der Waals surface area contributed by atoms with E-state index in [9.17, 15) is 63.3 Å². The third kappa shape index (κ3) is 15.9. The molecule has 9 amide bonds. The van der Waals surface area contributed by atoms with Crippen molar-refractivity contribution >= 4 is 59.1 Å². The Balaban J connectivity index is 2.95. The molecule has 1 aliphatic heterocycles. The van der Waals surface area contributed by atoms with Gasteiger partial charge in [-0.2, -0.15) is 0 Å². The van der Waals surface area contributed by atoms with Crippen molar-refractivity contribution in [1.82, 2.24) is 42.1 Å². The Morgan fingerprint density at radius 3 is 1.75 bits per heavy atom. The smallest absolute Gasteiger partial charge is 0.328 e. The molecule has 1 heterocycles. The number of hydrogen-bond donors (Lipinski definition) is 13. The minimum atomic E-state index is -1.67. The molecule has 0 spiro atoms. The molecule has 0 aromatic heterocycles. The topological polar surface area (TPSA) is 391 Å². The average Bonchev–Trinajstić information content (AvgIpc) is 3.63. The van der Waals surface area contributed by atoms with E-state index in [0.29, 0.717) is 6.42 Å². The van der Waals surface area contributed by atoms with Crippen LogP contribution in [0.1, 0.15) is 53.9 Å². The predicted octanol–water partition coefficient (Wildman–Crippen LogP) is -7.40. The summed E-state index contributed by atoms with van der Waals surface area (Å²) >= 11 is 0. The summed E-state index contributed by atoms with van der Waals surface area (Å²) in [5.41, 5.74) is 11.0. The summed E-state index contributed by atoms with van der Waals surface area (Å²) < 4.78 is 0. The summed E-state index contributed by atoms with van der Waals surface area (Å²) in [4.78, 5) is 127. The molecular weight excluding hydrogens is 760 g/mol. The Bertz CT molecular complexity index is 1490. The van der Waals surface area contributed by atoms with Crippen LogP contribution in [0.15, 0.2) is 0 Å². The highest BCUT2D eigenvalue weighted by Gasteiger charge is 2.39. The lowest BCUT2D eigenvalue weighted by atomic mass is 10.0. The van der Waals surface area contributed by atoms with E-state index >= 15 is 0 Å². The maximum absolute atomic E-state index is 13.4. The first-order chi connectivity index (χ1) is 26.5. The first kappa shape index (κ1) is 49.6. The Morgan fingerprint density at radius 2 is 1.25 bits per heavy atom. The van der Waals surface area contributed by atoms with E-state index in [-0.39, 0.29) is 18.9 Å². The van der Waals surface area contributed by atoms with Crippen molar-refractivity contribution in [3.8, 4) is 0 Å². The number of amides is 9. The highest BCUT2D eigenvalue weighted by molar-refractivity contribution is 5.98. The number of primary amides is 1. The Labute approximate surface area is 327 Å². The van der Waals surface area contributed by atoms with Crippen LogP contribution in [0, 0.1) is 11.8 Å². The molecule has 24 nitrogen and oxygen atoms in total. The van der Waals surface area contributed by atoms with Gasteiger partial charge in [0.1, 0.15) is 30.2 Å². The molecule has 0 radical (unpaired) electrons. The number of carboxylic acid groups (broad SMARTS) is 1. The average molecular weight is 817 g/mol. The minimum absolute atomic E-state index is 0.0273. The summed E-state index contributed by atoms with van der Waals surface area (Å²) in [5.74, 6) is -10.8. The van der Waals surface area contributed by atoms with E-state index in [1.54, 1.807) is 13.8 Å². The second kappa shape index (κ2) is 23.6. The molecule has 0 aliphatic carbocycles. The highest BCUT2D eigenvalue weighted by atomic mass is 16.4. The third-order valence-corrected chi connectivity index (χ3v) is 8.69. The molecule has 322 valence electrons. The molecule has 1 rings (SSSR count). The molecule has 0 bridgehead atoms. The van der Waals surface area contributed by atoms with Gasteiger partial charge in [-0.3, -0.25) is 43.2 Å². The van der Waals surface area contributed by atoms with Crippen molar-refractivity contribution in [2.45, 2.75) is 102 Å². The van der Waals surface area contributed by atoms with Crippen molar-refractivity contribution < 1.29 is 68.4 Å². The van der Waals surface area contributed by atoms with E-state index < -0.39 is 146 Å². The van der Waals surface area contributed by atoms with Gasteiger partial charge < -0.3 is 74.0 Å². The first-order valence-corrected chi connectivity index (χ1v) is 18.1. The Kier molecular flexibility index (Phi) is 20.5. The van der Waals surface area contributed by atoms with Crippen LogP contribution in [-0.2, 0) is 47.9 Å². The number of carbonyl (C=O) groups excluding carboxylic acids is 9. The number of likely N-dealkylation sites (tertiary alicyclic amines) is 1. The predicted molar refractivity (Wildman–Crippen MR) is 195 cm³/mol. The molecule has 15 N–H and O–H groups in total. The SMILES string of the molecule is CC(C)[C@H](N)C(=O)N[C@@H](CO)C(=O)NCC(=O)N[C@@H](CC(N)=O)C(=O)N[C@H](C(=O)N[C@@H](CO)C(=O)N1CCC[C@H]1C(=O)NCC(=O)N[C@H](C(=O)O)[C@@H](C)O)C(C)C. The molecule has 1 fully saturated rings. The van der Waals surface area contributed by atoms with Gasteiger partial charge in [0.05, 0.1) is 44.9 Å². The van der Waals surface area contributed by atoms with Gasteiger partial charge >= 0.3 is 5.97 Å². The molecule has 0 aromatic carbocycles. The number of nitrogens with one attached hydrogen (secondary N) is 7. The number of nitrogens with two attached hydrogens (primary N) is 2. The van der Waals surface area contributed by atoms with Gasteiger partial charge in [-0.25, -0.2) is 4.79 Å². The van der Waals surface area contributed by atoms with E-state index in [1.807, 2.05) is 0 Å². The van der Waals surface area contributed by atoms with Crippen molar-refractivity contribution in [3.63, 3.8) is 0 Å². The third-order valence-electron chi connectivity index (χ3n) is 8.69. The van der Waals surface area contributed by atoms with Crippen LogP contribution in [-0.4, -0.2) is 166 Å². The number of carboxylic acids is 1. The fourth-order valence-electron chi connectivity index (χ4n) is 5.35. The van der Waals surface area contributed by atoms with Gasteiger partial charge in [-0.1, -0.05) is 27.7 Å². The van der Waals surface area contributed by atoms with E-state index in [2.05, 4.69) is 37.2 Å². The lowest BCUT2D eigenvalue weighted by Gasteiger charge is -2.30. The Hall–Kier alpha value is -5.46. The van der Waals surface area contributed by atoms with Crippen LogP contribution in [0.25, 0.3) is 0 Å². The quantitative estimate of drug-likeness (QED) is 0.0456. The van der Waals surface area contributed by atoms with Crippen molar-refractivity contribution in [2.24, 2.45) is 23.3 Å². The number of carbonyl (C=O) groups is 10. The zero-order valence-corrected chi connectivity index (χ0v) is 32.4. The van der Waals surface area contributed by atoms with Gasteiger partial charge in [0.25, 0.3) is 0 Å². The molecule has 0 unspecified atom stereocenters. The van der Waals surface area contributed by atoms with Gasteiger partial charge in [-0.15, -0.1) is 0 Å². The first-order valence-electron chi connectivity index (χ1n) is 18.1. The van der Waals surface area contributed by atoms with E-state index in [1.165, 1.54) is 13.8 Å². The molecule has 0 aromatic rings. The van der Waals surface area contributed by atoms with Crippen LogP contribution < -0.4 is 48.7 Å². The number of hydrogen-bond acceptors (Lipinski definition) is 14. The monoisotopic (exact) mass is 816 g/mol. The second-order valence-corrected chi connectivity index (χ2v) is 14.0. The van der Waals surface area contributed by atoms with E-state index in [0.717, 1.165) is 11.8 Å². The largest absolute Gasteiger partial charge is 0.480 e. The lowest BCUT2D eigenvalue weighted by molar-refractivity contribution is -0.145. The number of aliphatic carboxylic acids is 1. The molecule has 24 heteroatoms. The van der Waals surface area contributed by atoms with Crippen molar-refractivity contribution in [3.05, 3.63) is 0 Å². The second-order valence-electron chi connectivity index (χ2n) is 14.0. The summed E-state index contributed by atoms with van der Waals surface area (Å²) in [7, 11) is 0. The molecule has 8 atom stereocenters. The fraction of sp³-hybridized carbons (Fsp3) is 0.697. The summed E-state index contributed by atoms with van der Waals surface area (Å²) in [6.45, 7) is 4.28. The number of rotatable bonds is 23. The van der Waals surface area contributed by atoms with Gasteiger partial charge in [0.2, 0.25) is 53.2 Å². The molecule has 1 saturated heterocycles. The molecule has 0 saturated carbocycles. The standard InChI is InChI=1S/C33H56N10O14/c1-14(2)24(35)30(53)39-18(12-44)27(50)36-10-22(48)38-17(9-21(34)47)28(51)42-25(15(3)4)31(54)40-19(13-45)32(55)43-8-6-7-20(43)29(52)37-11-23(49)41-26(16(5)46)33(56)57/h14-20,24-26,44-46H,6-13,35H2,1-5H3,(H2,34,47)(H,36,50)(H,37,52)(H,38,48)(H,39,53)(H,40,54)(H,41,49)(H,42,51)(H,56,57)/t16-,17+,18+,19+,20+,24+,25+,26+/m1/s1. The van der Waals surface area contributed by atoms with Crippen LogP contribution in [0.5, 0.6) is 0 Å². The summed E-state index contributed by atoms with van der Waals surface area (Å²) in [6, 6.07) is -9.93. The van der Waals surface area contributed by atoms with Gasteiger partial charge in [0.15, 0.2) is 6.04 Å². The van der Waals surface area contributed by atoms with Crippen LogP contribution in [0.4, 0.5) is 0 Å². The summed E-state index contributed by atoms with van der Waals surface area (Å²) in [6.07, 6.45) is -1.71. The van der Waals surface area contributed by atoms with Crippen LogP contribution >= 0.6 is 0 Å². The number of aliphatic hydroxyl groups is 3. The molecule has 1 aliphatic rings. The van der Waals surface area contributed by atoms with Gasteiger partial charge in [-0.05, 0) is 31.6 Å². The van der Waals surface area contributed by atoms with Crippen LogP contribution in [0.3, 0.4) is 0 Å². The lowest BCUT2D eigenvalue weighted by Crippen LogP contribution is -2.61. The van der Waals surface area contributed by atoms with Crippen molar-refractivity contribution in [2.75, 3.05) is 32.8 Å². The summed E-state index contributed by atoms with van der Waals surface area (Å²) in [5, 5.41) is 53.9. The Morgan fingerprint density at radius 1 is 0.684 bits per heavy atom. The zero-order chi connectivity index (χ0) is 43.7. The maximum atomic E-state index is 13.4. The van der Waals surface area contributed by atoms with E-state index in [4.69, 9.17) is 16.6 Å².